The van der Waals surface area contributed by atoms with Crippen molar-refractivity contribution in [2.75, 3.05) is 0 Å². The van der Waals surface area contributed by atoms with E-state index >= 15 is 0 Å². The third-order valence-corrected chi connectivity index (χ3v) is 15.3. The summed E-state index contributed by atoms with van der Waals surface area (Å²) in [5.41, 5.74) is 15.1. The van der Waals surface area contributed by atoms with Crippen molar-refractivity contribution >= 4 is 31.5 Å². The summed E-state index contributed by atoms with van der Waals surface area (Å²) in [6.45, 7) is 16.4. The molecule has 1 aliphatic heterocycles. The minimum atomic E-state index is -0.0720. The van der Waals surface area contributed by atoms with Gasteiger partial charge in [0.05, 0.1) is 24.1 Å². The molecule has 1 unspecified atom stereocenters. The fourth-order valence-electron chi connectivity index (χ4n) is 10.9. The van der Waals surface area contributed by atoms with E-state index in [4.69, 9.17) is 0 Å². The molecule has 3 aromatic heterocycles. The summed E-state index contributed by atoms with van der Waals surface area (Å²) in [7, 11) is 2.21. The van der Waals surface area contributed by atoms with Crippen LogP contribution in [0.4, 0.5) is 0 Å². The van der Waals surface area contributed by atoms with Crippen LogP contribution in [0.5, 0.6) is 0 Å². The second-order valence-electron chi connectivity index (χ2n) is 18.2. The van der Waals surface area contributed by atoms with Gasteiger partial charge in [0.25, 0.3) is 5.82 Å². The van der Waals surface area contributed by atoms with Gasteiger partial charge in [-0.3, -0.25) is 0 Å². The summed E-state index contributed by atoms with van der Waals surface area (Å²) in [5, 5.41) is 2.77. The Morgan fingerprint density at radius 3 is 2.15 bits per heavy atom. The molecule has 0 radical (unpaired) electrons. The standard InChI is InChI=1S/C57H63N3S/c1-9-12-19-40-26-28-47-48-29-30-49-50(57(10-2,11-3)60-33-32-43(41-20-14-13-15-21-41)37-51(60)53(49)55(48)61-52(47)36-40)31-27-42-22-16-17-23-46(42)56-58(8)34-35-59(56)54-44(38(4)5)24-18-25-45(54)39(6)7/h13-18,20-26,28-30,32-39,50H,9-12,19,27,31H2,1-8H3/q+2. The number of imidazole rings is 1. The Hall–Kier alpha value is -5.32. The molecule has 0 fully saturated rings. The average Bonchev–Trinajstić information content (AvgIpc) is 3.86. The number of aryl methyl sites for hydroxylation is 3. The third-order valence-electron chi connectivity index (χ3n) is 14.1. The molecule has 4 heteroatoms. The number of fused-ring (bicyclic) bond motifs is 7. The van der Waals surface area contributed by atoms with E-state index in [1.165, 1.54) is 100 Å². The molecular formula is C57H63N3S+2. The molecule has 9 rings (SSSR count). The van der Waals surface area contributed by atoms with Gasteiger partial charge in [-0.1, -0.05) is 146 Å². The first-order valence-electron chi connectivity index (χ1n) is 23.1. The van der Waals surface area contributed by atoms with Crippen molar-refractivity contribution in [3.63, 3.8) is 0 Å². The van der Waals surface area contributed by atoms with Crippen LogP contribution in [0, 0.1) is 0 Å². The molecule has 0 bridgehead atoms. The molecule has 310 valence electrons. The molecule has 0 saturated carbocycles. The van der Waals surface area contributed by atoms with Gasteiger partial charge in [0.15, 0.2) is 11.7 Å². The lowest BCUT2D eigenvalue weighted by Crippen LogP contribution is -2.62. The Bertz CT molecular complexity index is 2820. The van der Waals surface area contributed by atoms with Crippen LogP contribution in [0.3, 0.4) is 0 Å². The molecule has 0 aliphatic carbocycles. The van der Waals surface area contributed by atoms with Crippen molar-refractivity contribution in [3.05, 3.63) is 162 Å². The highest BCUT2D eigenvalue weighted by Crippen LogP contribution is 2.52. The van der Waals surface area contributed by atoms with Gasteiger partial charge in [-0.2, -0.15) is 9.13 Å². The van der Waals surface area contributed by atoms with Crippen LogP contribution in [-0.2, 0) is 25.4 Å². The molecule has 5 aromatic carbocycles. The van der Waals surface area contributed by atoms with Crippen molar-refractivity contribution in [2.24, 2.45) is 7.05 Å². The number of benzene rings is 5. The number of pyridine rings is 1. The summed E-state index contributed by atoms with van der Waals surface area (Å²) in [6, 6.07) is 44.2. The maximum atomic E-state index is 2.72. The minimum absolute atomic E-state index is 0.0720. The number of para-hydroxylation sites is 1. The zero-order valence-electron chi connectivity index (χ0n) is 37.6. The Morgan fingerprint density at radius 2 is 1.43 bits per heavy atom. The second kappa shape index (κ2) is 16.9. The number of thiophene rings is 1. The maximum absolute atomic E-state index is 2.72. The average molecular weight is 822 g/mol. The van der Waals surface area contributed by atoms with Crippen molar-refractivity contribution in [1.29, 1.82) is 0 Å². The zero-order valence-corrected chi connectivity index (χ0v) is 38.4. The molecule has 3 nitrogen and oxygen atoms in total. The number of nitrogens with zero attached hydrogens (tertiary/aromatic N) is 3. The lowest BCUT2D eigenvalue weighted by atomic mass is 9.68. The fraction of sp³-hybridized carbons (Fsp3) is 0.333. The fourth-order valence-corrected chi connectivity index (χ4v) is 12.2. The number of hydrogen-bond donors (Lipinski definition) is 0. The first kappa shape index (κ1) is 41.1. The van der Waals surface area contributed by atoms with E-state index in [1.54, 1.807) is 0 Å². The van der Waals surface area contributed by atoms with Gasteiger partial charge in [-0.05, 0) is 77.5 Å². The van der Waals surface area contributed by atoms with Crippen molar-refractivity contribution in [3.8, 4) is 39.5 Å². The van der Waals surface area contributed by atoms with Crippen molar-refractivity contribution in [1.82, 2.24) is 4.57 Å². The van der Waals surface area contributed by atoms with Gasteiger partial charge >= 0.3 is 0 Å². The summed E-state index contributed by atoms with van der Waals surface area (Å²) in [6.07, 6.45) is 14.7. The molecular weight excluding hydrogens is 759 g/mol. The highest BCUT2D eigenvalue weighted by Gasteiger charge is 2.51. The Kier molecular flexibility index (Phi) is 11.3. The number of hydrogen-bond acceptors (Lipinski definition) is 1. The number of aromatic nitrogens is 3. The van der Waals surface area contributed by atoms with E-state index in [0.29, 0.717) is 17.8 Å². The topological polar surface area (TPSA) is 12.7 Å². The second-order valence-corrected chi connectivity index (χ2v) is 19.3. The van der Waals surface area contributed by atoms with E-state index in [0.717, 1.165) is 32.1 Å². The Balaban J connectivity index is 1.20. The molecule has 8 aromatic rings. The molecule has 0 spiro atoms. The molecule has 61 heavy (non-hydrogen) atoms. The summed E-state index contributed by atoms with van der Waals surface area (Å²) in [4.78, 5) is 0. The quantitative estimate of drug-likeness (QED) is 0.103. The van der Waals surface area contributed by atoms with E-state index in [1.807, 2.05) is 11.3 Å². The van der Waals surface area contributed by atoms with E-state index in [-0.39, 0.29) is 5.54 Å². The summed E-state index contributed by atoms with van der Waals surface area (Å²) in [5.74, 6) is 2.39. The SMILES string of the molecule is CCCCc1ccc2c(c1)sc1c3c(ccc12)C(CCc1ccccc1-c1n(-c2c(C(C)C)cccc2C(C)C)cc[n+]1C)C(CC)(CC)[n+]1ccc(-c2ccccc2)cc1-3. The normalized spacial score (nSPS) is 14.6. The van der Waals surface area contributed by atoms with Crippen LogP contribution in [0.2, 0.25) is 0 Å². The van der Waals surface area contributed by atoms with Crippen molar-refractivity contribution in [2.45, 2.75) is 117 Å². The molecule has 1 atom stereocenters. The first-order valence-corrected chi connectivity index (χ1v) is 23.9. The molecule has 1 aliphatic rings. The molecule has 0 N–H and O–H groups in total. The number of unbranched alkanes of at least 4 members (excludes halogenated alkanes) is 1. The van der Waals surface area contributed by atoms with Crippen LogP contribution in [0.15, 0.2) is 134 Å². The van der Waals surface area contributed by atoms with Crippen molar-refractivity contribution < 1.29 is 9.13 Å². The van der Waals surface area contributed by atoms with E-state index in [9.17, 15) is 0 Å². The van der Waals surface area contributed by atoms with Crippen LogP contribution < -0.4 is 9.13 Å². The van der Waals surface area contributed by atoms with Gasteiger partial charge < -0.3 is 0 Å². The van der Waals surface area contributed by atoms with Gasteiger partial charge in [-0.25, -0.2) is 4.57 Å². The predicted molar refractivity (Wildman–Crippen MR) is 259 cm³/mol. The Morgan fingerprint density at radius 1 is 0.705 bits per heavy atom. The smallest absolute Gasteiger partial charge is 0.232 e. The molecule has 0 amide bonds. The molecule has 0 saturated heterocycles. The minimum Gasteiger partial charge on any atom is -0.232 e. The third kappa shape index (κ3) is 7.05. The lowest BCUT2D eigenvalue weighted by molar-refractivity contribution is -0.762. The van der Waals surface area contributed by atoms with E-state index in [2.05, 4.69) is 203 Å². The van der Waals surface area contributed by atoms with Crippen LogP contribution in [0.25, 0.3) is 59.6 Å². The summed E-state index contributed by atoms with van der Waals surface area (Å²) >= 11 is 2.01. The highest BCUT2D eigenvalue weighted by molar-refractivity contribution is 7.26. The Labute approximate surface area is 368 Å². The molecule has 4 heterocycles. The largest absolute Gasteiger partial charge is 0.294 e. The lowest BCUT2D eigenvalue weighted by Gasteiger charge is -2.40. The van der Waals surface area contributed by atoms with Crippen LogP contribution in [0.1, 0.15) is 126 Å². The zero-order chi connectivity index (χ0) is 42.4. The highest BCUT2D eigenvalue weighted by atomic mass is 32.1. The van der Waals surface area contributed by atoms with Gasteiger partial charge in [0, 0.05) is 56.3 Å². The van der Waals surface area contributed by atoms with E-state index < -0.39 is 0 Å². The number of rotatable bonds is 13. The van der Waals surface area contributed by atoms with Gasteiger partial charge in [0.1, 0.15) is 18.1 Å². The van der Waals surface area contributed by atoms with Crippen LogP contribution in [-0.4, -0.2) is 4.57 Å². The predicted octanol–water partition coefficient (Wildman–Crippen LogP) is 14.8. The monoisotopic (exact) mass is 821 g/mol. The van der Waals surface area contributed by atoms with Gasteiger partial charge in [-0.15, -0.1) is 11.3 Å². The maximum Gasteiger partial charge on any atom is 0.294 e. The van der Waals surface area contributed by atoms with Crippen LogP contribution >= 0.6 is 11.3 Å². The van der Waals surface area contributed by atoms with Gasteiger partial charge in [0.2, 0.25) is 5.69 Å². The first-order chi connectivity index (χ1) is 29.7. The summed E-state index contributed by atoms with van der Waals surface area (Å²) < 4.78 is 10.4.